The molecule has 8 nitrogen and oxygen atoms in total. The van der Waals surface area contributed by atoms with Gasteiger partial charge in [0, 0.05) is 12.6 Å². The molecular formula is C25H35N3O5S. The Balaban J connectivity index is 2.38. The molecule has 0 aliphatic carbocycles. The minimum Gasteiger partial charge on any atom is -0.495 e. The van der Waals surface area contributed by atoms with E-state index in [1.165, 1.54) is 12.0 Å². The summed E-state index contributed by atoms with van der Waals surface area (Å²) in [7, 11) is -2.38. The fourth-order valence-electron chi connectivity index (χ4n) is 3.56. The summed E-state index contributed by atoms with van der Waals surface area (Å²) in [6, 6.07) is 13.9. The van der Waals surface area contributed by atoms with Crippen molar-refractivity contribution in [2.24, 2.45) is 0 Å². The molecule has 34 heavy (non-hydrogen) atoms. The van der Waals surface area contributed by atoms with Crippen LogP contribution in [0.3, 0.4) is 0 Å². The number of ether oxygens (including phenoxy) is 1. The van der Waals surface area contributed by atoms with Gasteiger partial charge in [0.25, 0.3) is 0 Å². The normalized spacial score (nSPS) is 12.2. The Hall–Kier alpha value is -3.07. The molecule has 0 spiro atoms. The summed E-state index contributed by atoms with van der Waals surface area (Å²) >= 11 is 0. The molecule has 0 fully saturated rings. The maximum atomic E-state index is 13.5. The zero-order chi connectivity index (χ0) is 25.5. The molecule has 0 saturated carbocycles. The van der Waals surface area contributed by atoms with Gasteiger partial charge in [0.05, 0.1) is 19.1 Å². The summed E-state index contributed by atoms with van der Waals surface area (Å²) < 4.78 is 31.8. The molecular weight excluding hydrogens is 454 g/mol. The van der Waals surface area contributed by atoms with Crippen molar-refractivity contribution in [2.45, 2.75) is 46.2 Å². The minimum absolute atomic E-state index is 0.0925. The van der Waals surface area contributed by atoms with E-state index in [0.29, 0.717) is 12.2 Å². The van der Waals surface area contributed by atoms with Crippen LogP contribution >= 0.6 is 0 Å². The molecule has 2 rings (SSSR count). The molecule has 2 aromatic carbocycles. The number of carbonyl (C=O) groups is 2. The number of aryl methyl sites for hydroxylation is 1. The second-order valence-corrected chi connectivity index (χ2v) is 10.5. The number of nitrogens with zero attached hydrogens (tertiary/aromatic N) is 2. The monoisotopic (exact) mass is 489 g/mol. The van der Waals surface area contributed by atoms with Gasteiger partial charge in [-0.25, -0.2) is 8.42 Å². The number of methoxy groups -OCH3 is 1. The predicted octanol–water partition coefficient (Wildman–Crippen LogP) is 2.75. The number of anilines is 1. The number of rotatable bonds is 11. The molecule has 0 unspecified atom stereocenters. The summed E-state index contributed by atoms with van der Waals surface area (Å²) in [6.45, 7) is 6.98. The van der Waals surface area contributed by atoms with E-state index in [4.69, 9.17) is 4.74 Å². The topological polar surface area (TPSA) is 96.0 Å². The molecule has 1 N–H and O–H groups in total. The molecule has 1 atom stereocenters. The Morgan fingerprint density at radius 1 is 1.06 bits per heavy atom. The fraction of sp³-hybridized carbons (Fsp3) is 0.440. The van der Waals surface area contributed by atoms with Gasteiger partial charge in [-0.1, -0.05) is 36.4 Å². The molecule has 0 heterocycles. The van der Waals surface area contributed by atoms with Crippen LogP contribution in [0.25, 0.3) is 0 Å². The van der Waals surface area contributed by atoms with Crippen LogP contribution in [-0.4, -0.2) is 63.7 Å². The Labute approximate surface area is 202 Å². The lowest BCUT2D eigenvalue weighted by atomic mass is 10.1. The average Bonchev–Trinajstić information content (AvgIpc) is 2.76. The highest BCUT2D eigenvalue weighted by molar-refractivity contribution is 7.92. The zero-order valence-corrected chi connectivity index (χ0v) is 21.6. The highest BCUT2D eigenvalue weighted by Crippen LogP contribution is 2.31. The largest absolute Gasteiger partial charge is 0.495 e. The van der Waals surface area contributed by atoms with Crippen LogP contribution in [0.15, 0.2) is 48.5 Å². The lowest BCUT2D eigenvalue weighted by molar-refractivity contribution is -0.139. The van der Waals surface area contributed by atoms with Crippen molar-refractivity contribution >= 4 is 27.5 Å². The molecule has 0 aliphatic heterocycles. The SMILES string of the molecule is COc1ccc(C)cc1N(CC(=O)N(CCc1ccccc1)[C@H](C)C(=O)NC(C)C)S(C)(=O)=O. The van der Waals surface area contributed by atoms with Crippen molar-refractivity contribution in [2.75, 3.05) is 30.8 Å². The van der Waals surface area contributed by atoms with E-state index in [0.717, 1.165) is 21.7 Å². The molecule has 9 heteroatoms. The third-order valence-corrected chi connectivity index (χ3v) is 6.49. The summed E-state index contributed by atoms with van der Waals surface area (Å²) in [6.07, 6.45) is 1.57. The molecule has 0 saturated heterocycles. The molecule has 186 valence electrons. The van der Waals surface area contributed by atoms with E-state index in [2.05, 4.69) is 5.32 Å². The van der Waals surface area contributed by atoms with E-state index < -0.39 is 28.5 Å². The Morgan fingerprint density at radius 3 is 2.26 bits per heavy atom. The van der Waals surface area contributed by atoms with Gasteiger partial charge in [-0.05, 0) is 57.4 Å². The van der Waals surface area contributed by atoms with E-state index in [1.807, 2.05) is 51.1 Å². The van der Waals surface area contributed by atoms with Crippen LogP contribution in [0.2, 0.25) is 0 Å². The van der Waals surface area contributed by atoms with Crippen molar-refractivity contribution in [1.29, 1.82) is 0 Å². The number of benzene rings is 2. The molecule has 0 radical (unpaired) electrons. The van der Waals surface area contributed by atoms with Crippen molar-refractivity contribution in [1.82, 2.24) is 10.2 Å². The molecule has 2 amide bonds. The van der Waals surface area contributed by atoms with E-state index in [1.54, 1.807) is 25.1 Å². The third kappa shape index (κ3) is 7.48. The first-order valence-corrected chi connectivity index (χ1v) is 13.0. The highest BCUT2D eigenvalue weighted by atomic mass is 32.2. The van der Waals surface area contributed by atoms with Crippen LogP contribution in [0, 0.1) is 6.92 Å². The van der Waals surface area contributed by atoms with Gasteiger partial charge >= 0.3 is 0 Å². The maximum Gasteiger partial charge on any atom is 0.244 e. The van der Waals surface area contributed by atoms with Crippen LogP contribution in [0.5, 0.6) is 5.75 Å². The van der Waals surface area contributed by atoms with Crippen LogP contribution < -0.4 is 14.4 Å². The van der Waals surface area contributed by atoms with Crippen LogP contribution in [0.1, 0.15) is 31.9 Å². The molecule has 0 bridgehead atoms. The van der Waals surface area contributed by atoms with Gasteiger partial charge in [0.15, 0.2) is 0 Å². The van der Waals surface area contributed by atoms with Gasteiger partial charge in [0.2, 0.25) is 21.8 Å². The maximum absolute atomic E-state index is 13.5. The Kier molecular flexibility index (Phi) is 9.49. The van der Waals surface area contributed by atoms with Gasteiger partial charge in [-0.15, -0.1) is 0 Å². The molecule has 2 aromatic rings. The fourth-order valence-corrected chi connectivity index (χ4v) is 4.41. The quantitative estimate of drug-likeness (QED) is 0.524. The number of sulfonamides is 1. The van der Waals surface area contributed by atoms with Crippen molar-refractivity contribution in [3.05, 3.63) is 59.7 Å². The van der Waals surface area contributed by atoms with E-state index in [9.17, 15) is 18.0 Å². The lowest BCUT2D eigenvalue weighted by Crippen LogP contribution is -2.53. The van der Waals surface area contributed by atoms with Crippen LogP contribution in [0.4, 0.5) is 5.69 Å². The predicted molar refractivity (Wildman–Crippen MR) is 135 cm³/mol. The standard InChI is InChI=1S/C25H35N3O5S/c1-18(2)26-25(30)20(4)27(15-14-21-10-8-7-9-11-21)24(29)17-28(34(6,31)32)22-16-19(3)12-13-23(22)33-5/h7-13,16,18,20H,14-15,17H2,1-6H3,(H,26,30)/t20-/m1/s1. The van der Waals surface area contributed by atoms with Gasteiger partial charge < -0.3 is 15.0 Å². The number of hydrogen-bond donors (Lipinski definition) is 1. The second kappa shape index (κ2) is 11.9. The minimum atomic E-state index is -3.82. The van der Waals surface area contributed by atoms with Crippen LogP contribution in [-0.2, 0) is 26.0 Å². The molecule has 0 aromatic heterocycles. The van der Waals surface area contributed by atoms with Gasteiger partial charge in [-0.2, -0.15) is 0 Å². The number of nitrogens with one attached hydrogen (secondary N) is 1. The first kappa shape index (κ1) is 27.2. The second-order valence-electron chi connectivity index (χ2n) is 8.61. The Bertz CT molecular complexity index is 1090. The van der Waals surface area contributed by atoms with Crippen molar-refractivity contribution < 1.29 is 22.7 Å². The first-order valence-electron chi connectivity index (χ1n) is 11.2. The van der Waals surface area contributed by atoms with Crippen molar-refractivity contribution in [3.63, 3.8) is 0 Å². The van der Waals surface area contributed by atoms with E-state index in [-0.39, 0.29) is 24.2 Å². The number of hydrogen-bond acceptors (Lipinski definition) is 5. The highest BCUT2D eigenvalue weighted by Gasteiger charge is 2.31. The number of amides is 2. The molecule has 0 aliphatic rings. The van der Waals surface area contributed by atoms with Gasteiger partial charge in [-0.3, -0.25) is 13.9 Å². The summed E-state index contributed by atoms with van der Waals surface area (Å²) in [5, 5.41) is 2.83. The summed E-state index contributed by atoms with van der Waals surface area (Å²) in [5.41, 5.74) is 2.11. The smallest absolute Gasteiger partial charge is 0.244 e. The first-order chi connectivity index (χ1) is 15.9. The third-order valence-electron chi connectivity index (χ3n) is 5.36. The lowest BCUT2D eigenvalue weighted by Gasteiger charge is -2.32. The summed E-state index contributed by atoms with van der Waals surface area (Å²) in [4.78, 5) is 27.7. The summed E-state index contributed by atoms with van der Waals surface area (Å²) in [5.74, 6) is -0.433. The van der Waals surface area contributed by atoms with Crippen molar-refractivity contribution in [3.8, 4) is 5.75 Å². The zero-order valence-electron chi connectivity index (χ0n) is 20.7. The Morgan fingerprint density at radius 2 is 1.71 bits per heavy atom. The number of carbonyl (C=O) groups excluding carboxylic acids is 2. The van der Waals surface area contributed by atoms with Gasteiger partial charge in [0.1, 0.15) is 18.3 Å². The van der Waals surface area contributed by atoms with E-state index >= 15 is 0 Å². The average molecular weight is 490 g/mol.